The van der Waals surface area contributed by atoms with Crippen molar-refractivity contribution in [3.63, 3.8) is 0 Å². The molecule has 1 amide bonds. The van der Waals surface area contributed by atoms with Crippen molar-refractivity contribution in [3.05, 3.63) is 0 Å². The fourth-order valence-electron chi connectivity index (χ4n) is 0.654. The number of nitrogens with two attached hydrogens (primary N) is 1. The van der Waals surface area contributed by atoms with Gasteiger partial charge in [0.05, 0.1) is 6.61 Å². The van der Waals surface area contributed by atoms with E-state index >= 15 is 0 Å². The van der Waals surface area contributed by atoms with Gasteiger partial charge in [-0.2, -0.15) is 5.48 Å². The highest BCUT2D eigenvalue weighted by molar-refractivity contribution is 5.66. The van der Waals surface area contributed by atoms with E-state index in [1.54, 1.807) is 20.8 Å². The molecule has 0 radical (unpaired) electrons. The molecule has 0 fully saturated rings. The molecular weight excluding hydrogens is 184 g/mol. The first-order valence-electron chi connectivity index (χ1n) is 4.67. The Labute approximate surface area is 84.9 Å². The molecule has 5 heteroatoms. The molecule has 0 aliphatic rings. The predicted molar refractivity (Wildman–Crippen MR) is 53.6 cm³/mol. The first-order valence-corrected chi connectivity index (χ1v) is 4.67. The van der Waals surface area contributed by atoms with E-state index in [0.29, 0.717) is 13.0 Å². The molecule has 0 aromatic heterocycles. The Kier molecular flexibility index (Phi) is 5.49. The predicted octanol–water partition coefficient (Wildman–Crippen LogP) is 1.18. The molecule has 0 aliphatic heterocycles. The summed E-state index contributed by atoms with van der Waals surface area (Å²) in [5.41, 5.74) is 7.16. The van der Waals surface area contributed by atoms with Crippen LogP contribution in [0.1, 0.15) is 34.1 Å². The maximum absolute atomic E-state index is 11.0. The molecule has 0 aliphatic carbocycles. The van der Waals surface area contributed by atoms with Gasteiger partial charge >= 0.3 is 6.09 Å². The molecule has 3 N–H and O–H groups in total. The molecule has 0 rings (SSSR count). The van der Waals surface area contributed by atoms with Crippen LogP contribution in [0, 0.1) is 0 Å². The molecule has 5 nitrogen and oxygen atoms in total. The molecule has 0 bridgehead atoms. The van der Waals surface area contributed by atoms with Crippen LogP contribution in [0.15, 0.2) is 0 Å². The summed E-state index contributed by atoms with van der Waals surface area (Å²) in [6.45, 7) is 7.62. The van der Waals surface area contributed by atoms with E-state index in [-0.39, 0.29) is 6.04 Å². The van der Waals surface area contributed by atoms with Gasteiger partial charge in [-0.1, -0.05) is 0 Å². The zero-order valence-corrected chi connectivity index (χ0v) is 9.29. The largest absolute Gasteiger partial charge is 0.442 e. The number of hydrogen-bond donors (Lipinski definition) is 2. The minimum absolute atomic E-state index is 0.0652. The summed E-state index contributed by atoms with van der Waals surface area (Å²) < 4.78 is 4.94. The SMILES string of the molecule is CC(N)CCONC(=O)OC(C)(C)C. The second kappa shape index (κ2) is 5.82. The Bertz CT molecular complexity index is 175. The average molecular weight is 204 g/mol. The summed E-state index contributed by atoms with van der Waals surface area (Å²) in [6, 6.07) is 0.0652. The van der Waals surface area contributed by atoms with Gasteiger partial charge in [0.25, 0.3) is 0 Å². The Morgan fingerprint density at radius 1 is 1.50 bits per heavy atom. The van der Waals surface area contributed by atoms with Crippen molar-refractivity contribution in [2.45, 2.75) is 45.8 Å². The number of hydroxylamine groups is 1. The Morgan fingerprint density at radius 2 is 2.07 bits per heavy atom. The van der Waals surface area contributed by atoms with Crippen molar-refractivity contribution < 1.29 is 14.4 Å². The third-order valence-electron chi connectivity index (χ3n) is 1.23. The van der Waals surface area contributed by atoms with Crippen LogP contribution in [-0.4, -0.2) is 24.3 Å². The first kappa shape index (κ1) is 13.2. The van der Waals surface area contributed by atoms with Crippen LogP contribution in [0.2, 0.25) is 0 Å². The lowest BCUT2D eigenvalue weighted by Gasteiger charge is -2.19. The van der Waals surface area contributed by atoms with Gasteiger partial charge < -0.3 is 10.5 Å². The fraction of sp³-hybridized carbons (Fsp3) is 0.889. The average Bonchev–Trinajstić information content (AvgIpc) is 1.94. The summed E-state index contributed by atoms with van der Waals surface area (Å²) >= 11 is 0. The Hall–Kier alpha value is -0.810. The number of carbonyl (C=O) groups is 1. The van der Waals surface area contributed by atoms with Gasteiger partial charge in [0.2, 0.25) is 0 Å². The van der Waals surface area contributed by atoms with Gasteiger partial charge in [-0.3, -0.25) is 4.84 Å². The molecule has 0 saturated heterocycles. The summed E-state index contributed by atoms with van der Waals surface area (Å²) in [7, 11) is 0. The molecule has 0 aromatic carbocycles. The summed E-state index contributed by atoms with van der Waals surface area (Å²) in [4.78, 5) is 15.9. The minimum Gasteiger partial charge on any atom is -0.442 e. The quantitative estimate of drug-likeness (QED) is 0.532. The number of hydrogen-bond acceptors (Lipinski definition) is 4. The fourth-order valence-corrected chi connectivity index (χ4v) is 0.654. The number of nitrogens with one attached hydrogen (secondary N) is 1. The molecule has 0 spiro atoms. The van der Waals surface area contributed by atoms with Crippen LogP contribution in [0.5, 0.6) is 0 Å². The van der Waals surface area contributed by atoms with Gasteiger partial charge in [-0.05, 0) is 34.1 Å². The number of ether oxygens (including phenoxy) is 1. The van der Waals surface area contributed by atoms with E-state index in [0.717, 1.165) is 0 Å². The first-order chi connectivity index (χ1) is 6.31. The summed E-state index contributed by atoms with van der Waals surface area (Å²) in [6.07, 6.45) is 0.109. The van der Waals surface area contributed by atoms with E-state index < -0.39 is 11.7 Å². The standard InChI is InChI=1S/C9H20N2O3/c1-7(10)5-6-13-11-8(12)14-9(2,3)4/h7H,5-6,10H2,1-4H3,(H,11,12). The third-order valence-corrected chi connectivity index (χ3v) is 1.23. The summed E-state index contributed by atoms with van der Waals surface area (Å²) in [5, 5.41) is 0. The number of amides is 1. The molecule has 0 aromatic rings. The Morgan fingerprint density at radius 3 is 2.50 bits per heavy atom. The van der Waals surface area contributed by atoms with Gasteiger partial charge in [0.15, 0.2) is 0 Å². The zero-order valence-electron chi connectivity index (χ0n) is 9.29. The molecule has 84 valence electrons. The maximum Gasteiger partial charge on any atom is 0.431 e. The Balaban J connectivity index is 3.46. The van der Waals surface area contributed by atoms with Crippen LogP contribution < -0.4 is 11.2 Å². The van der Waals surface area contributed by atoms with Crippen LogP contribution in [0.3, 0.4) is 0 Å². The zero-order chi connectivity index (χ0) is 11.2. The molecular formula is C9H20N2O3. The van der Waals surface area contributed by atoms with E-state index in [1.165, 1.54) is 0 Å². The summed E-state index contributed by atoms with van der Waals surface area (Å²) in [5.74, 6) is 0. The normalized spacial score (nSPS) is 13.5. The third kappa shape index (κ3) is 9.28. The van der Waals surface area contributed by atoms with E-state index in [2.05, 4.69) is 5.48 Å². The number of carbonyl (C=O) groups excluding carboxylic acids is 1. The highest BCUT2D eigenvalue weighted by atomic mass is 16.7. The van der Waals surface area contributed by atoms with E-state index in [4.69, 9.17) is 15.3 Å². The van der Waals surface area contributed by atoms with Crippen molar-refractivity contribution in [3.8, 4) is 0 Å². The van der Waals surface area contributed by atoms with E-state index in [9.17, 15) is 4.79 Å². The molecule has 0 saturated carbocycles. The molecule has 1 unspecified atom stereocenters. The van der Waals surface area contributed by atoms with Crippen LogP contribution in [0.25, 0.3) is 0 Å². The lowest BCUT2D eigenvalue weighted by atomic mass is 10.2. The van der Waals surface area contributed by atoms with Gasteiger partial charge in [-0.15, -0.1) is 0 Å². The monoisotopic (exact) mass is 204 g/mol. The van der Waals surface area contributed by atoms with Crippen LogP contribution >= 0.6 is 0 Å². The minimum atomic E-state index is -0.581. The highest BCUT2D eigenvalue weighted by Crippen LogP contribution is 2.06. The van der Waals surface area contributed by atoms with Crippen molar-refractivity contribution in [1.29, 1.82) is 0 Å². The number of rotatable bonds is 4. The van der Waals surface area contributed by atoms with Gasteiger partial charge in [0, 0.05) is 6.04 Å². The molecule has 1 atom stereocenters. The van der Waals surface area contributed by atoms with Crippen LogP contribution in [0.4, 0.5) is 4.79 Å². The van der Waals surface area contributed by atoms with Gasteiger partial charge in [0.1, 0.15) is 5.60 Å². The lowest BCUT2D eigenvalue weighted by molar-refractivity contribution is -0.00901. The smallest absolute Gasteiger partial charge is 0.431 e. The van der Waals surface area contributed by atoms with E-state index in [1.807, 2.05) is 6.92 Å². The van der Waals surface area contributed by atoms with Crippen molar-refractivity contribution in [2.75, 3.05) is 6.61 Å². The highest BCUT2D eigenvalue weighted by Gasteiger charge is 2.15. The van der Waals surface area contributed by atoms with Crippen molar-refractivity contribution >= 4 is 6.09 Å². The molecule has 0 heterocycles. The topological polar surface area (TPSA) is 73.6 Å². The molecule has 14 heavy (non-hydrogen) atoms. The van der Waals surface area contributed by atoms with Crippen LogP contribution in [-0.2, 0) is 9.57 Å². The maximum atomic E-state index is 11.0. The second-order valence-electron chi connectivity index (χ2n) is 4.22. The van der Waals surface area contributed by atoms with Crippen molar-refractivity contribution in [1.82, 2.24) is 5.48 Å². The van der Waals surface area contributed by atoms with Crippen molar-refractivity contribution in [2.24, 2.45) is 5.73 Å². The second-order valence-corrected chi connectivity index (χ2v) is 4.22. The lowest BCUT2D eigenvalue weighted by Crippen LogP contribution is -2.33. The van der Waals surface area contributed by atoms with Gasteiger partial charge in [-0.25, -0.2) is 4.79 Å².